The third kappa shape index (κ3) is 8.19. The van der Waals surface area contributed by atoms with Crippen LogP contribution in [0.5, 0.6) is 0 Å². The maximum atomic E-state index is 12.7. The first-order valence-electron chi connectivity index (χ1n) is 11.1. The van der Waals surface area contributed by atoms with Crippen molar-refractivity contribution in [2.75, 3.05) is 6.54 Å². The summed E-state index contributed by atoms with van der Waals surface area (Å²) in [5.41, 5.74) is 0. The molecule has 2 rings (SSSR count). The minimum atomic E-state index is -1.20. The van der Waals surface area contributed by atoms with Crippen LogP contribution in [0.4, 0.5) is 0 Å². The Bertz CT molecular complexity index is 509. The molecule has 0 radical (unpaired) electrons. The number of hydrogen-bond donors (Lipinski definition) is 1. The summed E-state index contributed by atoms with van der Waals surface area (Å²) in [5, 5.41) is 25.1. The molecule has 2 atom stereocenters. The second-order valence-electron chi connectivity index (χ2n) is 8.84. The molecule has 160 valence electrons. The van der Waals surface area contributed by atoms with Crippen LogP contribution >= 0.6 is 0 Å². The summed E-state index contributed by atoms with van der Waals surface area (Å²) in [6, 6.07) is 0. The number of carbonyl (C=O) groups excluding carboxylic acids is 3. The van der Waals surface area contributed by atoms with E-state index in [1.165, 1.54) is 12.8 Å². The molecule has 0 bridgehead atoms. The maximum absolute atomic E-state index is 12.7. The quantitative estimate of drug-likeness (QED) is 0.573. The van der Waals surface area contributed by atoms with Crippen LogP contribution in [0.25, 0.3) is 0 Å². The Labute approximate surface area is 168 Å². The average molecular weight is 394 g/mol. The summed E-state index contributed by atoms with van der Waals surface area (Å²) in [4.78, 5) is 35.1. The first-order valence-corrected chi connectivity index (χ1v) is 11.1. The minimum Gasteiger partial charge on any atom is -0.550 e. The lowest BCUT2D eigenvalue weighted by Gasteiger charge is -2.31. The van der Waals surface area contributed by atoms with Gasteiger partial charge in [-0.05, 0) is 37.0 Å². The Morgan fingerprint density at radius 2 is 1.29 bits per heavy atom. The molecular weight excluding hydrogens is 358 g/mol. The van der Waals surface area contributed by atoms with Crippen LogP contribution in [-0.4, -0.2) is 24.4 Å². The van der Waals surface area contributed by atoms with Gasteiger partial charge in [0.25, 0.3) is 0 Å². The molecule has 0 aliphatic heterocycles. The fraction of sp³-hybridized carbons (Fsp3) is 0.864. The van der Waals surface area contributed by atoms with Crippen LogP contribution < -0.4 is 15.5 Å². The van der Waals surface area contributed by atoms with Gasteiger partial charge in [0.05, 0.1) is 0 Å². The molecular formula is C22H35NO5-2. The number of carboxylic acid groups (broad SMARTS) is 2. The molecule has 0 spiro atoms. The third-order valence-corrected chi connectivity index (χ3v) is 6.59. The Kier molecular flexibility index (Phi) is 9.79. The fourth-order valence-corrected chi connectivity index (χ4v) is 5.02. The van der Waals surface area contributed by atoms with Gasteiger partial charge >= 0.3 is 0 Å². The van der Waals surface area contributed by atoms with Gasteiger partial charge in [0, 0.05) is 30.8 Å². The second-order valence-corrected chi connectivity index (χ2v) is 8.84. The lowest BCUT2D eigenvalue weighted by molar-refractivity contribution is -0.312. The van der Waals surface area contributed by atoms with Gasteiger partial charge in [0.1, 0.15) is 0 Å². The standard InChI is InChI=1S/C22H37NO5/c24-20(25)11-12-23-21(26)18(13-16-7-3-1-4-8-16)15-19(22(27)28)14-17-9-5-2-6-10-17/h16-19H,1-15H2,(H,23,26)(H,24,25)(H,27,28)/p-2. The van der Waals surface area contributed by atoms with Gasteiger partial charge in [-0.2, -0.15) is 0 Å². The van der Waals surface area contributed by atoms with Gasteiger partial charge in [-0.3, -0.25) is 4.79 Å². The molecule has 0 heterocycles. The van der Waals surface area contributed by atoms with E-state index in [0.717, 1.165) is 51.4 Å². The second kappa shape index (κ2) is 12.1. The number of nitrogens with one attached hydrogen (secondary N) is 1. The topological polar surface area (TPSA) is 109 Å². The molecule has 28 heavy (non-hydrogen) atoms. The molecule has 2 aliphatic carbocycles. The van der Waals surface area contributed by atoms with Crippen molar-refractivity contribution in [3.8, 4) is 0 Å². The van der Waals surface area contributed by atoms with E-state index in [2.05, 4.69) is 5.32 Å². The highest BCUT2D eigenvalue weighted by molar-refractivity contribution is 5.80. The number of amides is 1. The zero-order chi connectivity index (χ0) is 20.4. The molecule has 0 aromatic rings. The summed E-state index contributed by atoms with van der Waals surface area (Å²) < 4.78 is 0. The largest absolute Gasteiger partial charge is 0.550 e. The van der Waals surface area contributed by atoms with Crippen molar-refractivity contribution >= 4 is 17.8 Å². The van der Waals surface area contributed by atoms with Crippen LogP contribution in [0.1, 0.15) is 89.9 Å². The van der Waals surface area contributed by atoms with E-state index in [4.69, 9.17) is 0 Å². The van der Waals surface area contributed by atoms with Crippen molar-refractivity contribution in [3.63, 3.8) is 0 Å². The highest BCUT2D eigenvalue weighted by Gasteiger charge is 2.29. The minimum absolute atomic E-state index is 0.0287. The van der Waals surface area contributed by atoms with E-state index < -0.39 is 23.8 Å². The predicted octanol–water partition coefficient (Wildman–Crippen LogP) is 1.56. The van der Waals surface area contributed by atoms with E-state index in [9.17, 15) is 24.6 Å². The molecule has 2 fully saturated rings. The molecule has 6 nitrogen and oxygen atoms in total. The molecule has 0 aromatic heterocycles. The lowest BCUT2D eigenvalue weighted by Crippen LogP contribution is -2.40. The normalized spacial score (nSPS) is 21.0. The monoisotopic (exact) mass is 393 g/mol. The highest BCUT2D eigenvalue weighted by Crippen LogP contribution is 2.35. The van der Waals surface area contributed by atoms with E-state index in [1.54, 1.807) is 0 Å². The van der Waals surface area contributed by atoms with Gasteiger partial charge in [0.2, 0.25) is 5.91 Å². The van der Waals surface area contributed by atoms with Gasteiger partial charge in [-0.25, -0.2) is 0 Å². The third-order valence-electron chi connectivity index (χ3n) is 6.59. The van der Waals surface area contributed by atoms with Crippen molar-refractivity contribution in [3.05, 3.63) is 0 Å². The predicted molar refractivity (Wildman–Crippen MR) is 102 cm³/mol. The van der Waals surface area contributed by atoms with Crippen LogP contribution in [0, 0.1) is 23.7 Å². The number of carbonyl (C=O) groups is 3. The van der Waals surface area contributed by atoms with Crippen molar-refractivity contribution in [1.29, 1.82) is 0 Å². The summed E-state index contributed by atoms with van der Waals surface area (Å²) in [7, 11) is 0. The summed E-state index contributed by atoms with van der Waals surface area (Å²) in [6.07, 6.45) is 12.7. The first kappa shape index (κ1) is 22.7. The van der Waals surface area contributed by atoms with Crippen molar-refractivity contribution in [2.45, 2.75) is 89.9 Å². The van der Waals surface area contributed by atoms with Crippen LogP contribution in [0.2, 0.25) is 0 Å². The maximum Gasteiger partial charge on any atom is 0.223 e. The molecule has 2 unspecified atom stereocenters. The molecule has 0 aromatic carbocycles. The molecule has 1 amide bonds. The zero-order valence-electron chi connectivity index (χ0n) is 17.0. The lowest BCUT2D eigenvalue weighted by atomic mass is 9.76. The first-order chi connectivity index (χ1) is 13.5. The summed E-state index contributed by atoms with van der Waals surface area (Å²) in [5.74, 6) is -2.62. The summed E-state index contributed by atoms with van der Waals surface area (Å²) in [6.45, 7) is 0.0287. The molecule has 2 aliphatic rings. The average Bonchev–Trinajstić information content (AvgIpc) is 2.68. The number of hydrogen-bond acceptors (Lipinski definition) is 5. The smallest absolute Gasteiger partial charge is 0.223 e. The number of rotatable bonds is 11. The highest BCUT2D eigenvalue weighted by atomic mass is 16.4. The van der Waals surface area contributed by atoms with Gasteiger partial charge < -0.3 is 25.1 Å². The molecule has 1 N–H and O–H groups in total. The van der Waals surface area contributed by atoms with Crippen LogP contribution in [0.15, 0.2) is 0 Å². The Hall–Kier alpha value is -1.59. The van der Waals surface area contributed by atoms with Gasteiger partial charge in [-0.1, -0.05) is 64.2 Å². The summed E-state index contributed by atoms with van der Waals surface area (Å²) >= 11 is 0. The van der Waals surface area contributed by atoms with E-state index in [1.807, 2.05) is 0 Å². The van der Waals surface area contributed by atoms with E-state index >= 15 is 0 Å². The van der Waals surface area contributed by atoms with E-state index in [0.29, 0.717) is 31.1 Å². The molecule has 6 heteroatoms. The Morgan fingerprint density at radius 3 is 1.75 bits per heavy atom. The van der Waals surface area contributed by atoms with Crippen LogP contribution in [0.3, 0.4) is 0 Å². The van der Waals surface area contributed by atoms with Gasteiger partial charge in [-0.15, -0.1) is 0 Å². The number of carboxylic acids is 2. The Balaban J connectivity index is 1.98. The van der Waals surface area contributed by atoms with E-state index in [-0.39, 0.29) is 18.9 Å². The van der Waals surface area contributed by atoms with Crippen molar-refractivity contribution in [2.24, 2.45) is 23.7 Å². The van der Waals surface area contributed by atoms with Crippen molar-refractivity contribution in [1.82, 2.24) is 5.32 Å². The SMILES string of the molecule is O=C([O-])CCNC(=O)C(CC1CCCCC1)CC(CC1CCCCC1)C(=O)[O-]. The zero-order valence-corrected chi connectivity index (χ0v) is 17.0. The molecule has 2 saturated carbocycles. The number of aliphatic carboxylic acids is 2. The Morgan fingerprint density at radius 1 is 0.786 bits per heavy atom. The van der Waals surface area contributed by atoms with Crippen molar-refractivity contribution < 1.29 is 24.6 Å². The van der Waals surface area contributed by atoms with Gasteiger partial charge in [0.15, 0.2) is 0 Å². The van der Waals surface area contributed by atoms with Crippen LogP contribution in [-0.2, 0) is 14.4 Å². The fourth-order valence-electron chi connectivity index (χ4n) is 5.02. The molecule has 0 saturated heterocycles.